The zero-order valence-corrected chi connectivity index (χ0v) is 13.4. The van der Waals surface area contributed by atoms with Crippen LogP contribution in [0.25, 0.3) is 0 Å². The Hall–Kier alpha value is 0.137. The van der Waals surface area contributed by atoms with Crippen molar-refractivity contribution in [3.63, 3.8) is 0 Å². The van der Waals surface area contributed by atoms with Crippen LogP contribution in [0.4, 0.5) is 0 Å². The summed E-state index contributed by atoms with van der Waals surface area (Å²) in [5.74, 6) is 0.467. The highest BCUT2D eigenvalue weighted by Gasteiger charge is 2.39. The highest BCUT2D eigenvalue weighted by atomic mass is 28.4. The molecule has 0 spiro atoms. The van der Waals surface area contributed by atoms with E-state index in [0.29, 0.717) is 5.92 Å². The molecule has 0 aliphatic rings. The van der Waals surface area contributed by atoms with Crippen molar-refractivity contribution in [2.24, 2.45) is 5.92 Å². The van der Waals surface area contributed by atoms with E-state index in [1.54, 1.807) is 0 Å². The van der Waals surface area contributed by atoms with E-state index in [1.807, 2.05) is 6.92 Å². The molecule has 0 saturated heterocycles. The molecule has 3 heteroatoms. The van der Waals surface area contributed by atoms with Gasteiger partial charge in [-0.25, -0.2) is 0 Å². The van der Waals surface area contributed by atoms with Crippen LogP contribution in [-0.2, 0) is 9.16 Å². The molecule has 0 bridgehead atoms. The molecule has 0 rings (SSSR count). The van der Waals surface area contributed by atoms with Gasteiger partial charge < -0.3 is 9.16 Å². The van der Waals surface area contributed by atoms with Gasteiger partial charge in [0.25, 0.3) is 0 Å². The van der Waals surface area contributed by atoms with Gasteiger partial charge in [-0.3, -0.25) is 0 Å². The van der Waals surface area contributed by atoms with Crippen molar-refractivity contribution in [3.05, 3.63) is 0 Å². The second kappa shape index (κ2) is 6.17. The maximum atomic E-state index is 6.32. The first kappa shape index (κ1) is 16.1. The summed E-state index contributed by atoms with van der Waals surface area (Å²) < 4.78 is 11.8. The molecule has 0 aromatic rings. The first-order valence-electron chi connectivity index (χ1n) is 6.37. The molecule has 0 saturated carbocycles. The molecule has 2 unspecified atom stereocenters. The summed E-state index contributed by atoms with van der Waals surface area (Å²) in [4.78, 5) is 0. The molecular weight excluding hydrogens is 216 g/mol. The zero-order valence-electron chi connectivity index (χ0n) is 12.4. The molecule has 2 nitrogen and oxygen atoms in total. The van der Waals surface area contributed by atoms with E-state index in [4.69, 9.17) is 9.16 Å². The molecule has 16 heavy (non-hydrogen) atoms. The minimum atomic E-state index is -1.63. The van der Waals surface area contributed by atoms with E-state index < -0.39 is 8.32 Å². The topological polar surface area (TPSA) is 18.5 Å². The van der Waals surface area contributed by atoms with Gasteiger partial charge in [-0.1, -0.05) is 27.7 Å². The Morgan fingerprint density at radius 1 is 1.12 bits per heavy atom. The fourth-order valence-corrected chi connectivity index (χ4v) is 2.71. The number of rotatable bonds is 6. The van der Waals surface area contributed by atoms with Crippen molar-refractivity contribution in [3.8, 4) is 0 Å². The van der Waals surface area contributed by atoms with Crippen molar-refractivity contribution in [1.82, 2.24) is 0 Å². The largest absolute Gasteiger partial charge is 0.414 e. The monoisotopic (exact) mass is 246 g/mol. The molecule has 0 amide bonds. The smallest absolute Gasteiger partial charge is 0.192 e. The SMILES string of the molecule is CCOCC(C)C(C)O[Si](C)(C)C(C)(C)C. The second-order valence-corrected chi connectivity index (χ2v) is 11.0. The standard InChI is InChI=1S/C13H30O2Si/c1-9-14-10-11(2)12(3)15-16(7,8)13(4,5)6/h11-12H,9-10H2,1-8H3. The molecular formula is C13H30O2Si. The summed E-state index contributed by atoms with van der Waals surface area (Å²) in [6, 6.07) is 0. The second-order valence-electron chi connectivity index (χ2n) is 6.22. The average molecular weight is 246 g/mol. The first-order chi connectivity index (χ1) is 7.12. The lowest BCUT2D eigenvalue weighted by Gasteiger charge is -2.39. The molecule has 98 valence electrons. The Morgan fingerprint density at radius 2 is 1.62 bits per heavy atom. The van der Waals surface area contributed by atoms with Gasteiger partial charge in [-0.2, -0.15) is 0 Å². The summed E-state index contributed by atoms with van der Waals surface area (Å²) in [7, 11) is -1.63. The van der Waals surface area contributed by atoms with Gasteiger partial charge in [-0.15, -0.1) is 0 Å². The van der Waals surface area contributed by atoms with Gasteiger partial charge in [-0.05, 0) is 32.0 Å². The lowest BCUT2D eigenvalue weighted by atomic mass is 10.1. The van der Waals surface area contributed by atoms with Crippen molar-refractivity contribution < 1.29 is 9.16 Å². The Labute approximate surface area is 103 Å². The lowest BCUT2D eigenvalue weighted by molar-refractivity contribution is 0.0548. The highest BCUT2D eigenvalue weighted by Crippen LogP contribution is 2.37. The highest BCUT2D eigenvalue weighted by molar-refractivity contribution is 6.74. The Kier molecular flexibility index (Phi) is 6.23. The molecule has 0 aliphatic heterocycles. The quantitative estimate of drug-likeness (QED) is 0.658. The minimum absolute atomic E-state index is 0.284. The van der Waals surface area contributed by atoms with Crippen molar-refractivity contribution in [2.75, 3.05) is 13.2 Å². The van der Waals surface area contributed by atoms with Gasteiger partial charge in [0.05, 0.1) is 6.61 Å². The Balaban J connectivity index is 4.27. The van der Waals surface area contributed by atoms with Crippen LogP contribution in [0, 0.1) is 5.92 Å². The molecule has 0 N–H and O–H groups in total. The van der Waals surface area contributed by atoms with Gasteiger partial charge >= 0.3 is 0 Å². The Morgan fingerprint density at radius 3 is 2.00 bits per heavy atom. The summed E-state index contributed by atoms with van der Waals surface area (Å²) in [6.45, 7) is 19.4. The van der Waals surface area contributed by atoms with Crippen LogP contribution < -0.4 is 0 Å². The van der Waals surface area contributed by atoms with E-state index >= 15 is 0 Å². The fourth-order valence-electron chi connectivity index (χ4n) is 1.20. The molecule has 0 aromatic heterocycles. The van der Waals surface area contributed by atoms with Crippen LogP contribution in [0.1, 0.15) is 41.5 Å². The fraction of sp³-hybridized carbons (Fsp3) is 1.00. The first-order valence-corrected chi connectivity index (χ1v) is 9.28. The third-order valence-corrected chi connectivity index (χ3v) is 8.25. The minimum Gasteiger partial charge on any atom is -0.414 e. The number of ether oxygens (including phenoxy) is 1. The van der Waals surface area contributed by atoms with Crippen LogP contribution in [0.5, 0.6) is 0 Å². The summed E-state index contributed by atoms with van der Waals surface area (Å²) in [5.41, 5.74) is 0. The summed E-state index contributed by atoms with van der Waals surface area (Å²) in [5, 5.41) is 0.284. The van der Waals surface area contributed by atoms with Gasteiger partial charge in [0, 0.05) is 18.6 Å². The molecule has 0 aromatic carbocycles. The van der Waals surface area contributed by atoms with Crippen molar-refractivity contribution >= 4 is 8.32 Å². The lowest BCUT2D eigenvalue weighted by Crippen LogP contribution is -2.45. The van der Waals surface area contributed by atoms with Crippen LogP contribution in [0.3, 0.4) is 0 Å². The average Bonchev–Trinajstić information content (AvgIpc) is 2.11. The summed E-state index contributed by atoms with van der Waals surface area (Å²) >= 11 is 0. The number of hydrogen-bond donors (Lipinski definition) is 0. The normalized spacial score (nSPS) is 17.2. The molecule has 0 aliphatic carbocycles. The van der Waals surface area contributed by atoms with E-state index in [1.165, 1.54) is 0 Å². The maximum Gasteiger partial charge on any atom is 0.192 e. The van der Waals surface area contributed by atoms with E-state index in [9.17, 15) is 0 Å². The van der Waals surface area contributed by atoms with Gasteiger partial charge in [0.1, 0.15) is 0 Å². The van der Waals surface area contributed by atoms with Gasteiger partial charge in [0.2, 0.25) is 0 Å². The van der Waals surface area contributed by atoms with E-state index in [0.717, 1.165) is 13.2 Å². The third kappa shape index (κ3) is 4.98. The maximum absolute atomic E-state index is 6.32. The third-order valence-electron chi connectivity index (χ3n) is 3.67. The van der Waals surface area contributed by atoms with Crippen LogP contribution in [0.15, 0.2) is 0 Å². The predicted octanol–water partition coefficient (Wildman–Crippen LogP) is 4.07. The predicted molar refractivity (Wildman–Crippen MR) is 73.4 cm³/mol. The molecule has 2 atom stereocenters. The van der Waals surface area contributed by atoms with Crippen molar-refractivity contribution in [2.45, 2.75) is 65.8 Å². The Bertz CT molecular complexity index is 197. The molecule has 0 radical (unpaired) electrons. The van der Waals surface area contributed by atoms with E-state index in [-0.39, 0.29) is 11.1 Å². The summed E-state index contributed by atoms with van der Waals surface area (Å²) in [6.07, 6.45) is 0.285. The molecule has 0 heterocycles. The van der Waals surface area contributed by atoms with Crippen molar-refractivity contribution in [1.29, 1.82) is 0 Å². The molecule has 0 fully saturated rings. The van der Waals surface area contributed by atoms with Crippen LogP contribution in [-0.4, -0.2) is 27.6 Å². The van der Waals surface area contributed by atoms with E-state index in [2.05, 4.69) is 47.7 Å². The van der Waals surface area contributed by atoms with Crippen LogP contribution in [0.2, 0.25) is 18.1 Å². The zero-order chi connectivity index (χ0) is 13.0. The number of hydrogen-bond acceptors (Lipinski definition) is 2. The van der Waals surface area contributed by atoms with Crippen LogP contribution >= 0.6 is 0 Å². The van der Waals surface area contributed by atoms with Gasteiger partial charge in [0.15, 0.2) is 8.32 Å².